The van der Waals surface area contributed by atoms with E-state index in [4.69, 9.17) is 5.73 Å². The van der Waals surface area contributed by atoms with Crippen LogP contribution in [0.1, 0.15) is 23.5 Å². The van der Waals surface area contributed by atoms with E-state index in [1.807, 2.05) is 25.1 Å². The number of nitrogens with two attached hydrogens (primary N) is 1. The number of aliphatic hydroxyl groups excluding tert-OH is 2. The number of aryl methyl sites for hydroxylation is 1. The van der Waals surface area contributed by atoms with Gasteiger partial charge in [-0.1, -0.05) is 29.8 Å². The number of aliphatic hydroxyl groups is 2. The number of rotatable bonds is 1. The van der Waals surface area contributed by atoms with Gasteiger partial charge in [0, 0.05) is 12.0 Å². The Morgan fingerprint density at radius 3 is 2.60 bits per heavy atom. The maximum Gasteiger partial charge on any atom is 0.0955 e. The maximum absolute atomic E-state index is 9.59. The smallest absolute Gasteiger partial charge is 0.0955 e. The minimum Gasteiger partial charge on any atom is -0.390 e. The number of hydrogen-bond donors (Lipinski definition) is 3. The highest BCUT2D eigenvalue weighted by atomic mass is 16.3. The standard InChI is InChI=1S/C12H17NO2/c1-7-3-2-4-8(5-7)9-6-10(14)12(15)11(9)13/h2-5,9-12,14-15H,6,13H2,1H3/t9-,10-,11-,12-/m1/s1. The van der Waals surface area contributed by atoms with Crippen molar-refractivity contribution in [2.24, 2.45) is 5.73 Å². The number of hydrogen-bond acceptors (Lipinski definition) is 3. The normalized spacial score (nSPS) is 35.7. The fourth-order valence-corrected chi connectivity index (χ4v) is 2.31. The lowest BCUT2D eigenvalue weighted by atomic mass is 9.93. The van der Waals surface area contributed by atoms with E-state index in [9.17, 15) is 10.2 Å². The Labute approximate surface area is 89.5 Å². The van der Waals surface area contributed by atoms with E-state index in [0.29, 0.717) is 6.42 Å². The molecule has 0 bridgehead atoms. The van der Waals surface area contributed by atoms with Crippen LogP contribution < -0.4 is 5.73 Å². The fraction of sp³-hybridized carbons (Fsp3) is 0.500. The Balaban J connectivity index is 2.25. The summed E-state index contributed by atoms with van der Waals surface area (Å²) < 4.78 is 0. The van der Waals surface area contributed by atoms with Gasteiger partial charge in [-0.15, -0.1) is 0 Å². The minimum absolute atomic E-state index is 0.0647. The van der Waals surface area contributed by atoms with Crippen molar-refractivity contribution in [2.45, 2.75) is 37.5 Å². The Morgan fingerprint density at radius 2 is 2.07 bits per heavy atom. The molecule has 4 N–H and O–H groups in total. The molecule has 1 aliphatic carbocycles. The van der Waals surface area contributed by atoms with Crippen molar-refractivity contribution in [2.75, 3.05) is 0 Å². The van der Waals surface area contributed by atoms with Crippen LogP contribution in [0.2, 0.25) is 0 Å². The lowest BCUT2D eigenvalue weighted by Gasteiger charge is -2.17. The van der Waals surface area contributed by atoms with Crippen LogP contribution in [-0.4, -0.2) is 28.5 Å². The third kappa shape index (κ3) is 1.91. The summed E-state index contributed by atoms with van der Waals surface area (Å²) in [6.07, 6.45) is -0.938. The minimum atomic E-state index is -0.796. The third-order valence-corrected chi connectivity index (χ3v) is 3.22. The zero-order chi connectivity index (χ0) is 11.0. The van der Waals surface area contributed by atoms with Crippen molar-refractivity contribution < 1.29 is 10.2 Å². The van der Waals surface area contributed by atoms with Gasteiger partial charge in [0.15, 0.2) is 0 Å². The molecule has 0 unspecified atom stereocenters. The molecule has 3 heteroatoms. The van der Waals surface area contributed by atoms with Crippen molar-refractivity contribution >= 4 is 0 Å². The molecule has 3 nitrogen and oxygen atoms in total. The average Bonchev–Trinajstić information content (AvgIpc) is 2.46. The molecule has 0 radical (unpaired) electrons. The van der Waals surface area contributed by atoms with Crippen LogP contribution in [0.3, 0.4) is 0 Å². The van der Waals surface area contributed by atoms with Crippen LogP contribution in [-0.2, 0) is 0 Å². The molecule has 0 heterocycles. The lowest BCUT2D eigenvalue weighted by Crippen LogP contribution is -2.37. The summed E-state index contributed by atoms with van der Waals surface area (Å²) in [6.45, 7) is 2.02. The highest BCUT2D eigenvalue weighted by molar-refractivity contribution is 5.28. The van der Waals surface area contributed by atoms with Gasteiger partial charge in [0.25, 0.3) is 0 Å². The fourth-order valence-electron chi connectivity index (χ4n) is 2.31. The second-order valence-electron chi connectivity index (χ2n) is 4.39. The summed E-state index contributed by atoms with van der Waals surface area (Å²) in [6, 6.07) is 7.71. The first-order chi connectivity index (χ1) is 7.09. The summed E-state index contributed by atoms with van der Waals surface area (Å²) in [4.78, 5) is 0. The summed E-state index contributed by atoms with van der Waals surface area (Å²) in [5.74, 6) is 0.0647. The molecule has 82 valence electrons. The van der Waals surface area contributed by atoms with Gasteiger partial charge in [-0.05, 0) is 18.9 Å². The molecule has 0 spiro atoms. The van der Waals surface area contributed by atoms with Crippen LogP contribution in [0.25, 0.3) is 0 Å². The first kappa shape index (κ1) is 10.6. The molecule has 15 heavy (non-hydrogen) atoms. The van der Waals surface area contributed by atoms with E-state index in [1.54, 1.807) is 0 Å². The van der Waals surface area contributed by atoms with Gasteiger partial charge in [0.1, 0.15) is 0 Å². The molecular weight excluding hydrogens is 190 g/mol. The topological polar surface area (TPSA) is 66.5 Å². The van der Waals surface area contributed by atoms with Crippen LogP contribution in [0.5, 0.6) is 0 Å². The van der Waals surface area contributed by atoms with Crippen LogP contribution in [0.4, 0.5) is 0 Å². The molecule has 2 rings (SSSR count). The predicted octanol–water partition coefficient (Wildman–Crippen LogP) is 0.531. The zero-order valence-electron chi connectivity index (χ0n) is 8.80. The van der Waals surface area contributed by atoms with Gasteiger partial charge in [0.2, 0.25) is 0 Å². The Morgan fingerprint density at radius 1 is 1.33 bits per heavy atom. The highest BCUT2D eigenvalue weighted by Gasteiger charge is 2.39. The molecule has 0 amide bonds. The third-order valence-electron chi connectivity index (χ3n) is 3.22. The first-order valence-corrected chi connectivity index (χ1v) is 5.28. The van der Waals surface area contributed by atoms with Crippen LogP contribution in [0, 0.1) is 6.92 Å². The molecule has 0 aliphatic heterocycles. The van der Waals surface area contributed by atoms with Gasteiger partial charge in [0.05, 0.1) is 12.2 Å². The predicted molar refractivity (Wildman–Crippen MR) is 58.5 cm³/mol. The van der Waals surface area contributed by atoms with E-state index in [0.717, 1.165) is 5.56 Å². The van der Waals surface area contributed by atoms with Gasteiger partial charge < -0.3 is 15.9 Å². The average molecular weight is 207 g/mol. The zero-order valence-corrected chi connectivity index (χ0v) is 8.80. The molecule has 4 atom stereocenters. The van der Waals surface area contributed by atoms with Crippen molar-refractivity contribution in [3.8, 4) is 0 Å². The van der Waals surface area contributed by atoms with Gasteiger partial charge >= 0.3 is 0 Å². The second-order valence-corrected chi connectivity index (χ2v) is 4.39. The van der Waals surface area contributed by atoms with Crippen molar-refractivity contribution in [3.05, 3.63) is 35.4 Å². The molecule has 1 aromatic carbocycles. The van der Waals surface area contributed by atoms with Crippen molar-refractivity contribution in [1.29, 1.82) is 0 Å². The number of benzene rings is 1. The maximum atomic E-state index is 9.59. The van der Waals surface area contributed by atoms with E-state index < -0.39 is 12.2 Å². The molecule has 0 saturated heterocycles. The highest BCUT2D eigenvalue weighted by Crippen LogP contribution is 2.34. The quantitative estimate of drug-likeness (QED) is 0.629. The van der Waals surface area contributed by atoms with Gasteiger partial charge in [-0.3, -0.25) is 0 Å². The van der Waals surface area contributed by atoms with E-state index >= 15 is 0 Å². The van der Waals surface area contributed by atoms with E-state index in [1.165, 1.54) is 5.56 Å². The summed E-state index contributed by atoms with van der Waals surface area (Å²) in [5, 5.41) is 19.1. The molecule has 0 aromatic heterocycles. The monoisotopic (exact) mass is 207 g/mol. The summed E-state index contributed by atoms with van der Waals surface area (Å²) >= 11 is 0. The van der Waals surface area contributed by atoms with Crippen molar-refractivity contribution in [1.82, 2.24) is 0 Å². The summed E-state index contributed by atoms with van der Waals surface area (Å²) in [5.41, 5.74) is 8.17. The van der Waals surface area contributed by atoms with Crippen LogP contribution >= 0.6 is 0 Å². The molecule has 1 fully saturated rings. The molecular formula is C12H17NO2. The Kier molecular flexibility index (Phi) is 2.78. The largest absolute Gasteiger partial charge is 0.390 e. The first-order valence-electron chi connectivity index (χ1n) is 5.28. The van der Waals surface area contributed by atoms with Gasteiger partial charge in [-0.2, -0.15) is 0 Å². The molecule has 1 saturated carbocycles. The lowest BCUT2D eigenvalue weighted by molar-refractivity contribution is 0.0363. The molecule has 1 aromatic rings. The van der Waals surface area contributed by atoms with Gasteiger partial charge in [-0.25, -0.2) is 0 Å². The second kappa shape index (κ2) is 3.93. The SMILES string of the molecule is Cc1cccc([C@H]2C[C@@H](O)[C@@H](O)[C@@H]2N)c1. The van der Waals surface area contributed by atoms with E-state index in [-0.39, 0.29) is 12.0 Å². The summed E-state index contributed by atoms with van der Waals surface area (Å²) in [7, 11) is 0. The van der Waals surface area contributed by atoms with Crippen LogP contribution in [0.15, 0.2) is 24.3 Å². The Hall–Kier alpha value is -0.900. The van der Waals surface area contributed by atoms with Crippen molar-refractivity contribution in [3.63, 3.8) is 0 Å². The van der Waals surface area contributed by atoms with E-state index in [2.05, 4.69) is 6.07 Å². The molecule has 1 aliphatic rings. The Bertz CT molecular complexity index is 353.